The number of nitrogens with one attached hydrogen (secondary N) is 1. The fourth-order valence-electron chi connectivity index (χ4n) is 4.18. The lowest BCUT2D eigenvalue weighted by Gasteiger charge is -2.34. The van der Waals surface area contributed by atoms with Crippen LogP contribution in [0.2, 0.25) is 0 Å². The number of nitrogens with two attached hydrogens (primary N) is 1. The van der Waals surface area contributed by atoms with E-state index in [0.29, 0.717) is 22.4 Å². The van der Waals surface area contributed by atoms with Crippen molar-refractivity contribution in [3.05, 3.63) is 70.8 Å². The third kappa shape index (κ3) is 7.27. The molecule has 0 atom stereocenters. The zero-order chi connectivity index (χ0) is 25.4. The van der Waals surface area contributed by atoms with Crippen LogP contribution < -0.4 is 10.5 Å². The molecule has 1 aliphatic carbocycles. The highest BCUT2D eigenvalue weighted by Gasteiger charge is 2.26. The predicted octanol–water partition coefficient (Wildman–Crippen LogP) is 4.23. The molecule has 3 rings (SSSR count). The molecule has 0 unspecified atom stereocenters. The van der Waals surface area contributed by atoms with E-state index in [1.807, 2.05) is 0 Å². The summed E-state index contributed by atoms with van der Waals surface area (Å²) < 4.78 is 5.36. The number of nitrogen functional groups attached to an aromatic ring is 1. The van der Waals surface area contributed by atoms with Crippen LogP contribution in [0, 0.1) is 5.41 Å². The van der Waals surface area contributed by atoms with Crippen molar-refractivity contribution in [3.8, 4) is 5.75 Å². The highest BCUT2D eigenvalue weighted by atomic mass is 16.5. The zero-order valence-electron chi connectivity index (χ0n) is 19.8. The van der Waals surface area contributed by atoms with Crippen LogP contribution in [0.4, 0.5) is 0 Å². The Morgan fingerprint density at radius 1 is 1.03 bits per heavy atom. The molecular weight excluding hydrogens is 446 g/mol. The van der Waals surface area contributed by atoms with Gasteiger partial charge < -0.3 is 20.5 Å². The van der Waals surface area contributed by atoms with Crippen molar-refractivity contribution in [2.24, 2.45) is 5.73 Å². The van der Waals surface area contributed by atoms with Crippen molar-refractivity contribution < 1.29 is 24.2 Å². The number of aliphatic carboxylic acids is 1. The number of benzene rings is 2. The minimum Gasteiger partial charge on any atom is -0.481 e. The molecule has 0 radical (unpaired) electrons. The van der Waals surface area contributed by atoms with Gasteiger partial charge in [-0.25, -0.2) is 4.79 Å². The molecule has 4 N–H and O–H groups in total. The third-order valence-electron chi connectivity index (χ3n) is 6.09. The Morgan fingerprint density at radius 2 is 1.63 bits per heavy atom. The maximum absolute atomic E-state index is 13.2. The molecule has 2 aromatic rings. The molecule has 0 bridgehead atoms. The maximum Gasteiger partial charge on any atom is 0.343 e. The van der Waals surface area contributed by atoms with Gasteiger partial charge in [-0.1, -0.05) is 31.4 Å². The average molecular weight is 478 g/mol. The quantitative estimate of drug-likeness (QED) is 0.163. The van der Waals surface area contributed by atoms with Gasteiger partial charge in [0.1, 0.15) is 11.6 Å². The Kier molecular flexibility index (Phi) is 8.78. The number of amides is 1. The molecule has 8 heteroatoms. The normalized spacial score (nSPS) is 14.3. The lowest BCUT2D eigenvalue weighted by atomic mass is 9.93. The second-order valence-corrected chi connectivity index (χ2v) is 8.71. The van der Waals surface area contributed by atoms with Crippen molar-refractivity contribution in [1.29, 1.82) is 5.41 Å². The molecular formula is C27H31N3O5. The average Bonchev–Trinajstić information content (AvgIpc) is 2.85. The molecule has 1 saturated carbocycles. The Bertz CT molecular complexity index is 1100. The Balaban J connectivity index is 1.67. The van der Waals surface area contributed by atoms with Gasteiger partial charge in [-0.3, -0.25) is 15.0 Å². The van der Waals surface area contributed by atoms with Gasteiger partial charge in [-0.2, -0.15) is 0 Å². The van der Waals surface area contributed by atoms with E-state index in [9.17, 15) is 14.4 Å². The second kappa shape index (κ2) is 12.0. The van der Waals surface area contributed by atoms with Crippen LogP contribution in [0.15, 0.2) is 54.1 Å². The van der Waals surface area contributed by atoms with Crippen molar-refractivity contribution in [1.82, 2.24) is 4.90 Å². The minimum absolute atomic E-state index is 0.0657. The van der Waals surface area contributed by atoms with E-state index in [-0.39, 0.29) is 30.8 Å². The number of ether oxygens (including phenoxy) is 1. The van der Waals surface area contributed by atoms with Crippen LogP contribution in [0.25, 0.3) is 6.08 Å². The standard InChI is InChI=1S/C27H31N3O5/c1-18(26(33)30(16-15-24(31)32)22-5-3-2-4-6-22)17-19-7-9-21(10-8-19)27(34)35-23-13-11-20(12-14-23)25(28)29/h7-14,17,22H,2-6,15-16H2,1H3,(H3,28,29)(H,31,32). The van der Waals surface area contributed by atoms with E-state index < -0.39 is 11.9 Å². The number of amidine groups is 1. The lowest BCUT2D eigenvalue weighted by molar-refractivity contribution is -0.138. The van der Waals surface area contributed by atoms with Crippen LogP contribution >= 0.6 is 0 Å². The van der Waals surface area contributed by atoms with Gasteiger partial charge in [-0.15, -0.1) is 0 Å². The van der Waals surface area contributed by atoms with Crippen molar-refractivity contribution >= 4 is 29.8 Å². The number of hydrogen-bond donors (Lipinski definition) is 3. The molecule has 8 nitrogen and oxygen atoms in total. The van der Waals surface area contributed by atoms with Crippen molar-refractivity contribution in [2.75, 3.05) is 6.54 Å². The van der Waals surface area contributed by atoms with Gasteiger partial charge in [0.2, 0.25) is 5.91 Å². The lowest BCUT2D eigenvalue weighted by Crippen LogP contribution is -2.43. The van der Waals surface area contributed by atoms with E-state index in [2.05, 4.69) is 0 Å². The van der Waals surface area contributed by atoms with Gasteiger partial charge in [-0.05, 0) is 67.8 Å². The fourth-order valence-corrected chi connectivity index (χ4v) is 4.18. The van der Waals surface area contributed by atoms with E-state index >= 15 is 0 Å². The molecule has 2 aromatic carbocycles. The smallest absolute Gasteiger partial charge is 0.343 e. The van der Waals surface area contributed by atoms with Gasteiger partial charge in [0, 0.05) is 23.7 Å². The molecule has 0 spiro atoms. The molecule has 1 fully saturated rings. The first-order valence-corrected chi connectivity index (χ1v) is 11.7. The highest BCUT2D eigenvalue weighted by molar-refractivity contribution is 5.98. The maximum atomic E-state index is 13.2. The first-order valence-electron chi connectivity index (χ1n) is 11.7. The summed E-state index contributed by atoms with van der Waals surface area (Å²) in [4.78, 5) is 38.4. The van der Waals surface area contributed by atoms with Gasteiger partial charge in [0.15, 0.2) is 0 Å². The molecule has 184 valence electrons. The largest absolute Gasteiger partial charge is 0.481 e. The number of carbonyl (C=O) groups is 3. The van der Waals surface area contributed by atoms with Gasteiger partial charge in [0.05, 0.1) is 12.0 Å². The summed E-state index contributed by atoms with van der Waals surface area (Å²) in [5.74, 6) is -1.33. The van der Waals surface area contributed by atoms with E-state index in [1.54, 1.807) is 66.4 Å². The third-order valence-corrected chi connectivity index (χ3v) is 6.09. The van der Waals surface area contributed by atoms with Crippen LogP contribution in [0.1, 0.15) is 66.9 Å². The summed E-state index contributed by atoms with van der Waals surface area (Å²) in [5.41, 5.74) is 7.59. The number of carboxylic acid groups (broad SMARTS) is 1. The SMILES string of the molecule is CC(=Cc1ccc(C(=O)Oc2ccc(C(=N)N)cc2)cc1)C(=O)N(CCC(=O)O)C1CCCCC1. The van der Waals surface area contributed by atoms with E-state index in [4.69, 9.17) is 21.0 Å². The molecule has 0 aromatic heterocycles. The number of rotatable bonds is 9. The molecule has 1 aliphatic rings. The Hall–Kier alpha value is -3.94. The number of hydrogen-bond acceptors (Lipinski definition) is 5. The molecule has 0 aliphatic heterocycles. The van der Waals surface area contributed by atoms with Gasteiger partial charge >= 0.3 is 11.9 Å². The summed E-state index contributed by atoms with van der Waals surface area (Å²) in [6.07, 6.45) is 6.69. The monoisotopic (exact) mass is 477 g/mol. The Morgan fingerprint density at radius 3 is 2.20 bits per heavy atom. The van der Waals surface area contributed by atoms with E-state index in [0.717, 1.165) is 37.7 Å². The highest BCUT2D eigenvalue weighted by Crippen LogP contribution is 2.25. The fraction of sp³-hybridized carbons (Fsp3) is 0.333. The summed E-state index contributed by atoms with van der Waals surface area (Å²) in [6.45, 7) is 1.92. The van der Waals surface area contributed by atoms with Crippen LogP contribution in [0.5, 0.6) is 5.75 Å². The number of esters is 1. The van der Waals surface area contributed by atoms with Crippen LogP contribution in [0.3, 0.4) is 0 Å². The summed E-state index contributed by atoms with van der Waals surface area (Å²) in [5, 5.41) is 16.5. The Labute approximate surface area is 204 Å². The second-order valence-electron chi connectivity index (χ2n) is 8.71. The van der Waals surface area contributed by atoms with Crippen LogP contribution in [-0.2, 0) is 9.59 Å². The minimum atomic E-state index is -0.919. The number of carbonyl (C=O) groups excluding carboxylic acids is 2. The number of carboxylic acids is 1. The zero-order valence-corrected chi connectivity index (χ0v) is 19.8. The van der Waals surface area contributed by atoms with Gasteiger partial charge in [0.25, 0.3) is 0 Å². The number of nitrogens with zero attached hydrogens (tertiary/aromatic N) is 1. The van der Waals surface area contributed by atoms with E-state index in [1.165, 1.54) is 0 Å². The predicted molar refractivity (Wildman–Crippen MR) is 133 cm³/mol. The van der Waals surface area contributed by atoms with Crippen molar-refractivity contribution in [3.63, 3.8) is 0 Å². The first kappa shape index (κ1) is 25.7. The van der Waals surface area contributed by atoms with Crippen molar-refractivity contribution in [2.45, 2.75) is 51.5 Å². The van der Waals surface area contributed by atoms with Crippen LogP contribution in [-0.4, -0.2) is 46.3 Å². The molecule has 35 heavy (non-hydrogen) atoms. The first-order chi connectivity index (χ1) is 16.7. The molecule has 0 saturated heterocycles. The molecule has 0 heterocycles. The summed E-state index contributed by atoms with van der Waals surface area (Å²) >= 11 is 0. The topological polar surface area (TPSA) is 134 Å². The molecule has 1 amide bonds. The summed E-state index contributed by atoms with van der Waals surface area (Å²) in [6, 6.07) is 13.1. The summed E-state index contributed by atoms with van der Waals surface area (Å²) in [7, 11) is 0.